The lowest BCUT2D eigenvalue weighted by Crippen LogP contribution is -2.07. The molecule has 0 heterocycles. The molecular weight excluding hydrogens is 390 g/mol. The van der Waals surface area contributed by atoms with E-state index in [9.17, 15) is 13.2 Å². The van der Waals surface area contributed by atoms with Gasteiger partial charge in [-0.2, -0.15) is 13.2 Å². The maximum Gasteiger partial charge on any atom is 0.416 e. The van der Waals surface area contributed by atoms with Crippen molar-refractivity contribution in [1.82, 2.24) is 0 Å². The molecule has 0 aliphatic carbocycles. The summed E-state index contributed by atoms with van der Waals surface area (Å²) < 4.78 is 38.9. The first-order valence-corrected chi connectivity index (χ1v) is 7.37. The number of alkyl halides is 3. The van der Waals surface area contributed by atoms with Crippen molar-refractivity contribution in [3.05, 3.63) is 62.0 Å². The van der Waals surface area contributed by atoms with Crippen molar-refractivity contribution in [2.24, 2.45) is 0 Å². The minimum absolute atomic E-state index is 0.211. The van der Waals surface area contributed by atoms with Crippen LogP contribution in [0.25, 0.3) is 0 Å². The summed E-state index contributed by atoms with van der Waals surface area (Å²) in [7, 11) is 0. The van der Waals surface area contributed by atoms with Gasteiger partial charge in [-0.3, -0.25) is 0 Å². The number of rotatable bonds is 3. The number of nitrogens with one attached hydrogen (secondary N) is 1. The summed E-state index contributed by atoms with van der Waals surface area (Å²) >= 11 is 15.3. The van der Waals surface area contributed by atoms with Gasteiger partial charge in [0, 0.05) is 16.0 Å². The fourth-order valence-corrected chi connectivity index (χ4v) is 2.48. The van der Waals surface area contributed by atoms with Gasteiger partial charge in [-0.1, -0.05) is 39.1 Å². The molecule has 2 rings (SSSR count). The summed E-state index contributed by atoms with van der Waals surface area (Å²) in [6, 6.07) is 8.42. The molecule has 0 fully saturated rings. The number of halogens is 6. The quantitative estimate of drug-likeness (QED) is 0.631. The molecule has 0 aromatic heterocycles. The monoisotopic (exact) mass is 397 g/mol. The minimum Gasteiger partial charge on any atom is -0.380 e. The van der Waals surface area contributed by atoms with Gasteiger partial charge in [0.15, 0.2) is 0 Å². The highest BCUT2D eigenvalue weighted by molar-refractivity contribution is 9.10. The zero-order valence-electron chi connectivity index (χ0n) is 10.4. The smallest absolute Gasteiger partial charge is 0.380 e. The summed E-state index contributed by atoms with van der Waals surface area (Å²) in [5, 5.41) is 3.61. The molecule has 0 amide bonds. The molecule has 21 heavy (non-hydrogen) atoms. The van der Waals surface area contributed by atoms with E-state index in [2.05, 4.69) is 21.2 Å². The first-order chi connectivity index (χ1) is 9.77. The third-order valence-corrected chi connectivity index (χ3v) is 3.96. The van der Waals surface area contributed by atoms with Crippen LogP contribution in [0.4, 0.5) is 18.9 Å². The molecule has 0 saturated carbocycles. The molecule has 1 nitrogen and oxygen atoms in total. The zero-order chi connectivity index (χ0) is 15.6. The Morgan fingerprint density at radius 3 is 2.33 bits per heavy atom. The lowest BCUT2D eigenvalue weighted by Gasteiger charge is -2.13. The standard InChI is InChI=1S/C14H9BrCl2F3N/c15-10-2-4-11(16)8(5-10)7-21-13-6-9(14(18,19)20)1-3-12(13)17/h1-6,21H,7H2. The molecule has 1 N–H and O–H groups in total. The minimum atomic E-state index is -4.41. The molecular formula is C14H9BrCl2F3N. The Labute approximate surface area is 138 Å². The predicted molar refractivity (Wildman–Crippen MR) is 82.9 cm³/mol. The van der Waals surface area contributed by atoms with E-state index in [1.165, 1.54) is 6.07 Å². The predicted octanol–water partition coefficient (Wildman–Crippen LogP) is 6.39. The molecule has 0 aliphatic rings. The average molecular weight is 399 g/mol. The van der Waals surface area contributed by atoms with Crippen molar-refractivity contribution in [3.63, 3.8) is 0 Å². The van der Waals surface area contributed by atoms with E-state index in [1.54, 1.807) is 18.2 Å². The van der Waals surface area contributed by atoms with Crippen LogP contribution >= 0.6 is 39.1 Å². The molecule has 0 bridgehead atoms. The number of anilines is 1. The van der Waals surface area contributed by atoms with Gasteiger partial charge in [0.25, 0.3) is 0 Å². The zero-order valence-corrected chi connectivity index (χ0v) is 13.5. The molecule has 0 atom stereocenters. The summed E-state index contributed by atoms with van der Waals surface area (Å²) in [4.78, 5) is 0. The van der Waals surface area contributed by atoms with Crippen LogP contribution in [0.1, 0.15) is 11.1 Å². The Morgan fingerprint density at radius 1 is 1.00 bits per heavy atom. The largest absolute Gasteiger partial charge is 0.416 e. The maximum absolute atomic E-state index is 12.7. The lowest BCUT2D eigenvalue weighted by molar-refractivity contribution is -0.137. The van der Waals surface area contributed by atoms with Crippen LogP contribution < -0.4 is 5.32 Å². The summed E-state index contributed by atoms with van der Waals surface area (Å²) in [5.41, 5.74) is 0.205. The van der Waals surface area contributed by atoms with Gasteiger partial charge >= 0.3 is 6.18 Å². The summed E-state index contributed by atoms with van der Waals surface area (Å²) in [6.07, 6.45) is -4.41. The molecule has 2 aromatic rings. The average Bonchev–Trinajstić information content (AvgIpc) is 2.40. The van der Waals surface area contributed by atoms with Crippen LogP contribution in [0.2, 0.25) is 10.0 Å². The van der Waals surface area contributed by atoms with E-state index in [0.717, 1.165) is 22.2 Å². The molecule has 0 spiro atoms. The van der Waals surface area contributed by atoms with Gasteiger partial charge < -0.3 is 5.32 Å². The van der Waals surface area contributed by atoms with Crippen LogP contribution in [0, 0.1) is 0 Å². The Bertz CT molecular complexity index is 659. The number of hydrogen-bond donors (Lipinski definition) is 1. The molecule has 0 saturated heterocycles. The van der Waals surface area contributed by atoms with Crippen LogP contribution in [0.3, 0.4) is 0 Å². The third-order valence-electron chi connectivity index (χ3n) is 2.77. The first kappa shape index (κ1) is 16.5. The van der Waals surface area contributed by atoms with Crippen LogP contribution in [-0.4, -0.2) is 0 Å². The second kappa shape index (κ2) is 6.46. The van der Waals surface area contributed by atoms with E-state index in [0.29, 0.717) is 5.02 Å². The number of benzene rings is 2. The molecule has 112 valence electrons. The van der Waals surface area contributed by atoms with Gasteiger partial charge in [0.1, 0.15) is 0 Å². The molecule has 0 unspecified atom stereocenters. The van der Waals surface area contributed by atoms with E-state index in [4.69, 9.17) is 23.2 Å². The molecule has 2 aromatic carbocycles. The van der Waals surface area contributed by atoms with Crippen molar-refractivity contribution in [2.75, 3.05) is 5.32 Å². The van der Waals surface area contributed by atoms with E-state index in [1.807, 2.05) is 0 Å². The fourth-order valence-electron chi connectivity index (χ4n) is 1.71. The highest BCUT2D eigenvalue weighted by atomic mass is 79.9. The molecule has 7 heteroatoms. The van der Waals surface area contributed by atoms with Gasteiger partial charge in [-0.15, -0.1) is 0 Å². The van der Waals surface area contributed by atoms with E-state index < -0.39 is 11.7 Å². The Morgan fingerprint density at radius 2 is 1.67 bits per heavy atom. The van der Waals surface area contributed by atoms with E-state index >= 15 is 0 Å². The summed E-state index contributed by atoms with van der Waals surface area (Å²) in [6.45, 7) is 0.263. The third kappa shape index (κ3) is 4.28. The second-order valence-electron chi connectivity index (χ2n) is 4.28. The first-order valence-electron chi connectivity index (χ1n) is 5.82. The van der Waals surface area contributed by atoms with Gasteiger partial charge in [0.05, 0.1) is 16.3 Å². The van der Waals surface area contributed by atoms with Gasteiger partial charge in [-0.25, -0.2) is 0 Å². The normalized spacial score (nSPS) is 11.5. The van der Waals surface area contributed by atoms with Crippen molar-refractivity contribution in [2.45, 2.75) is 12.7 Å². The van der Waals surface area contributed by atoms with Gasteiger partial charge in [0.2, 0.25) is 0 Å². The number of hydrogen-bond acceptors (Lipinski definition) is 1. The van der Waals surface area contributed by atoms with Crippen molar-refractivity contribution in [3.8, 4) is 0 Å². The SMILES string of the molecule is FC(F)(F)c1ccc(Cl)c(NCc2cc(Br)ccc2Cl)c1. The Hall–Kier alpha value is -0.910. The summed E-state index contributed by atoms with van der Waals surface area (Å²) in [5.74, 6) is 0. The maximum atomic E-state index is 12.7. The van der Waals surface area contributed by atoms with Crippen LogP contribution in [0.15, 0.2) is 40.9 Å². The van der Waals surface area contributed by atoms with Gasteiger partial charge in [-0.05, 0) is 42.0 Å². The molecule has 0 aliphatic heterocycles. The second-order valence-corrected chi connectivity index (χ2v) is 6.01. The van der Waals surface area contributed by atoms with Crippen molar-refractivity contribution < 1.29 is 13.2 Å². The lowest BCUT2D eigenvalue weighted by atomic mass is 10.1. The highest BCUT2D eigenvalue weighted by Crippen LogP contribution is 2.34. The van der Waals surface area contributed by atoms with Crippen LogP contribution in [0.5, 0.6) is 0 Å². The topological polar surface area (TPSA) is 12.0 Å². The fraction of sp³-hybridized carbons (Fsp3) is 0.143. The van der Waals surface area contributed by atoms with Crippen molar-refractivity contribution >= 4 is 44.8 Å². The Kier molecular flexibility index (Phi) is 5.07. The van der Waals surface area contributed by atoms with Crippen LogP contribution in [-0.2, 0) is 12.7 Å². The highest BCUT2D eigenvalue weighted by Gasteiger charge is 2.30. The molecule has 0 radical (unpaired) electrons. The Balaban J connectivity index is 2.22. The van der Waals surface area contributed by atoms with E-state index in [-0.39, 0.29) is 17.3 Å². The van der Waals surface area contributed by atoms with Crippen molar-refractivity contribution in [1.29, 1.82) is 0 Å².